The van der Waals surface area contributed by atoms with Crippen LogP contribution >= 0.6 is 0 Å². The van der Waals surface area contributed by atoms with E-state index in [2.05, 4.69) is 19.9 Å². The van der Waals surface area contributed by atoms with Crippen LogP contribution in [-0.2, 0) is 9.59 Å². The second-order valence-electron chi connectivity index (χ2n) is 5.40. The highest BCUT2D eigenvalue weighted by Crippen LogP contribution is 2.23. The lowest BCUT2D eigenvalue weighted by Crippen LogP contribution is -2.39. The van der Waals surface area contributed by atoms with Crippen molar-refractivity contribution in [1.29, 1.82) is 5.26 Å². The van der Waals surface area contributed by atoms with Crippen LogP contribution in [0.25, 0.3) is 0 Å². The molecule has 0 N–H and O–H groups in total. The number of hydrogen-bond donors (Lipinski definition) is 0. The Bertz CT molecular complexity index is 615. The van der Waals surface area contributed by atoms with Crippen molar-refractivity contribution in [3.63, 3.8) is 0 Å². The molecule has 1 atom stereocenters. The lowest BCUT2D eigenvalue weighted by atomic mass is 9.95. The average Bonchev–Trinajstić information content (AvgIpc) is 2.49. The van der Waals surface area contributed by atoms with Crippen LogP contribution in [0.2, 0.25) is 0 Å². The van der Waals surface area contributed by atoms with Crippen molar-refractivity contribution < 1.29 is 9.59 Å². The maximum Gasteiger partial charge on any atom is 0.271 e. The summed E-state index contributed by atoms with van der Waals surface area (Å²) in [5, 5.41) is 9.05. The summed E-state index contributed by atoms with van der Waals surface area (Å²) in [6.07, 6.45) is 11.6. The summed E-state index contributed by atoms with van der Waals surface area (Å²) in [7, 11) is 1.39. The number of amides is 2. The van der Waals surface area contributed by atoms with E-state index >= 15 is 0 Å². The van der Waals surface area contributed by atoms with E-state index in [1.54, 1.807) is 19.1 Å². The lowest BCUT2D eigenvalue weighted by molar-refractivity contribution is -0.138. The topological polar surface area (TPSA) is 61.2 Å². The van der Waals surface area contributed by atoms with Gasteiger partial charge in [0.15, 0.2) is 0 Å². The highest BCUT2D eigenvalue weighted by atomic mass is 16.2. The van der Waals surface area contributed by atoms with E-state index in [1.165, 1.54) is 7.05 Å². The number of rotatable bonds is 5. The molecule has 0 saturated carbocycles. The van der Waals surface area contributed by atoms with Gasteiger partial charge in [-0.3, -0.25) is 14.5 Å². The first-order valence-corrected chi connectivity index (χ1v) is 7.42. The zero-order valence-corrected chi connectivity index (χ0v) is 13.6. The van der Waals surface area contributed by atoms with Gasteiger partial charge >= 0.3 is 0 Å². The number of likely N-dealkylation sites (N-methyl/N-ethyl adjacent to an activating group) is 1. The summed E-state index contributed by atoms with van der Waals surface area (Å²) >= 11 is 0. The highest BCUT2D eigenvalue weighted by molar-refractivity contribution is 6.17. The van der Waals surface area contributed by atoms with Gasteiger partial charge in [0.25, 0.3) is 11.8 Å². The van der Waals surface area contributed by atoms with Crippen LogP contribution < -0.4 is 0 Å². The van der Waals surface area contributed by atoms with Gasteiger partial charge in [-0.05, 0) is 30.9 Å². The van der Waals surface area contributed by atoms with Crippen molar-refractivity contribution in [2.75, 3.05) is 7.05 Å². The van der Waals surface area contributed by atoms with Crippen LogP contribution in [0.5, 0.6) is 0 Å². The fourth-order valence-corrected chi connectivity index (χ4v) is 2.25. The Hall–Kier alpha value is -2.41. The van der Waals surface area contributed by atoms with E-state index < -0.39 is 5.91 Å². The van der Waals surface area contributed by atoms with Crippen LogP contribution in [0.15, 0.2) is 47.1 Å². The number of imide groups is 1. The van der Waals surface area contributed by atoms with Crippen molar-refractivity contribution >= 4 is 11.8 Å². The van der Waals surface area contributed by atoms with Gasteiger partial charge < -0.3 is 0 Å². The summed E-state index contributed by atoms with van der Waals surface area (Å²) in [5.41, 5.74) is 0.836. The smallest absolute Gasteiger partial charge is 0.271 e. The minimum atomic E-state index is -0.542. The molecule has 4 heteroatoms. The van der Waals surface area contributed by atoms with Gasteiger partial charge in [-0.25, -0.2) is 0 Å². The van der Waals surface area contributed by atoms with Crippen molar-refractivity contribution in [2.24, 2.45) is 5.92 Å². The van der Waals surface area contributed by atoms with E-state index in [1.807, 2.05) is 18.2 Å². The number of allylic oxidation sites excluding steroid dienone is 5. The van der Waals surface area contributed by atoms with Gasteiger partial charge in [0.05, 0.1) is 0 Å². The van der Waals surface area contributed by atoms with Crippen LogP contribution in [0.3, 0.4) is 0 Å². The van der Waals surface area contributed by atoms with Crippen molar-refractivity contribution in [3.05, 3.63) is 47.1 Å². The Morgan fingerprint density at radius 3 is 2.50 bits per heavy atom. The molecule has 22 heavy (non-hydrogen) atoms. The molecule has 1 unspecified atom stereocenters. The fourth-order valence-electron chi connectivity index (χ4n) is 2.25. The van der Waals surface area contributed by atoms with Crippen LogP contribution in [0.1, 0.15) is 33.6 Å². The van der Waals surface area contributed by atoms with Gasteiger partial charge in [-0.2, -0.15) is 5.26 Å². The second kappa shape index (κ2) is 8.14. The Morgan fingerprint density at radius 1 is 1.23 bits per heavy atom. The predicted octanol–water partition coefficient (Wildman–Crippen LogP) is 3.30. The van der Waals surface area contributed by atoms with Crippen LogP contribution in [0.4, 0.5) is 0 Å². The molecule has 0 saturated heterocycles. The highest BCUT2D eigenvalue weighted by Gasteiger charge is 2.32. The normalized spacial score (nSPS) is 19.6. The minimum Gasteiger partial charge on any atom is -0.277 e. The van der Waals surface area contributed by atoms with Gasteiger partial charge in [-0.1, -0.05) is 44.6 Å². The maximum absolute atomic E-state index is 12.1. The molecule has 4 nitrogen and oxygen atoms in total. The minimum absolute atomic E-state index is 0.0221. The molecule has 0 aromatic carbocycles. The van der Waals surface area contributed by atoms with Crippen molar-refractivity contribution in [2.45, 2.75) is 33.6 Å². The zero-order valence-electron chi connectivity index (χ0n) is 13.6. The molecule has 0 aromatic rings. The second-order valence-corrected chi connectivity index (χ2v) is 5.40. The third-order valence-corrected chi connectivity index (χ3v) is 3.61. The number of nitrogens with zero attached hydrogens (tertiary/aromatic N) is 2. The molecule has 1 heterocycles. The summed E-state index contributed by atoms with van der Waals surface area (Å²) in [6, 6.07) is 1.87. The first kappa shape index (κ1) is 17.6. The van der Waals surface area contributed by atoms with E-state index in [0.717, 1.165) is 17.7 Å². The molecule has 0 fully saturated rings. The quantitative estimate of drug-likeness (QED) is 0.444. The zero-order chi connectivity index (χ0) is 16.7. The molecule has 0 bridgehead atoms. The molecule has 0 spiro atoms. The number of carbonyl (C=O) groups excluding carboxylic acids is 2. The molecule has 1 rings (SSSR count). The van der Waals surface area contributed by atoms with Gasteiger partial charge in [0.2, 0.25) is 0 Å². The molecule has 1 aliphatic rings. The summed E-state index contributed by atoms with van der Waals surface area (Å²) < 4.78 is 0. The summed E-state index contributed by atoms with van der Waals surface area (Å²) in [6.45, 7) is 5.93. The average molecular weight is 298 g/mol. The molecule has 116 valence electrons. The Kier molecular flexibility index (Phi) is 6.52. The first-order valence-electron chi connectivity index (χ1n) is 7.42. The molecule has 0 aromatic heterocycles. The molecule has 2 amide bonds. The third-order valence-electron chi connectivity index (χ3n) is 3.61. The molecule has 0 radical (unpaired) electrons. The Morgan fingerprint density at radius 2 is 1.91 bits per heavy atom. The van der Waals surface area contributed by atoms with E-state index in [-0.39, 0.29) is 11.5 Å². The van der Waals surface area contributed by atoms with Crippen molar-refractivity contribution in [1.82, 2.24) is 4.90 Å². The standard InChI is InChI=1S/C18H22N2O2/c1-5-9-13(2)10-7-6-8-11-15-14(3)16(12-19)18(22)20(4)17(15)21/h6-8,10-11,13H,5,9H2,1-4H3/b8-6+,10-7+,15-11+. The van der Waals surface area contributed by atoms with E-state index in [0.29, 0.717) is 17.1 Å². The molecule has 0 aliphatic carbocycles. The van der Waals surface area contributed by atoms with Crippen molar-refractivity contribution in [3.8, 4) is 6.07 Å². The molecular formula is C18H22N2O2. The summed E-state index contributed by atoms with van der Waals surface area (Å²) in [4.78, 5) is 24.9. The van der Waals surface area contributed by atoms with E-state index in [9.17, 15) is 9.59 Å². The summed E-state index contributed by atoms with van der Waals surface area (Å²) in [5.74, 6) is -0.400. The largest absolute Gasteiger partial charge is 0.277 e. The monoisotopic (exact) mass is 298 g/mol. The Labute approximate surface area is 132 Å². The number of nitriles is 1. The molecule has 1 aliphatic heterocycles. The first-order chi connectivity index (χ1) is 10.4. The van der Waals surface area contributed by atoms with Gasteiger partial charge in [0, 0.05) is 12.6 Å². The predicted molar refractivity (Wildman–Crippen MR) is 86.5 cm³/mol. The number of carbonyl (C=O) groups is 2. The fraction of sp³-hybridized carbons (Fsp3) is 0.389. The lowest BCUT2D eigenvalue weighted by Gasteiger charge is -2.23. The van der Waals surface area contributed by atoms with Crippen LogP contribution in [0, 0.1) is 17.2 Å². The van der Waals surface area contributed by atoms with E-state index in [4.69, 9.17) is 5.26 Å². The van der Waals surface area contributed by atoms with Gasteiger partial charge in [0.1, 0.15) is 11.6 Å². The number of hydrogen-bond acceptors (Lipinski definition) is 3. The van der Waals surface area contributed by atoms with Gasteiger partial charge in [-0.15, -0.1) is 0 Å². The maximum atomic E-state index is 12.1. The Balaban J connectivity index is 2.95. The molecular weight excluding hydrogens is 276 g/mol. The SMILES string of the molecule is CCCC(C)/C=C/C=C/C=C1/C(=O)N(C)C(=O)C(C#N)=C1C. The third kappa shape index (κ3) is 4.05. The van der Waals surface area contributed by atoms with Crippen LogP contribution in [-0.4, -0.2) is 23.8 Å².